The van der Waals surface area contributed by atoms with Crippen LogP contribution in [-0.4, -0.2) is 40.1 Å². The minimum Gasteiger partial charge on any atom is -0.507 e. The van der Waals surface area contributed by atoms with Gasteiger partial charge in [0.1, 0.15) is 5.75 Å². The normalized spacial score (nSPS) is 16.0. The van der Waals surface area contributed by atoms with E-state index in [0.29, 0.717) is 31.0 Å². The highest BCUT2D eigenvalue weighted by molar-refractivity contribution is 5.97. The average Bonchev–Trinajstić information content (AvgIpc) is 2.45. The number of nitrogens with zero attached hydrogens (tertiary/aromatic N) is 1. The van der Waals surface area contributed by atoms with Crippen LogP contribution in [0.5, 0.6) is 5.75 Å². The molecule has 1 aromatic carbocycles. The Hall–Kier alpha value is -2.04. The summed E-state index contributed by atoms with van der Waals surface area (Å²) in [5, 5.41) is 18.6. The van der Waals surface area contributed by atoms with Crippen molar-refractivity contribution in [1.82, 2.24) is 4.90 Å². The summed E-state index contributed by atoms with van der Waals surface area (Å²) >= 11 is 0. The minimum atomic E-state index is -0.766. The fourth-order valence-corrected chi connectivity index (χ4v) is 2.75. The van der Waals surface area contributed by atoms with E-state index >= 15 is 0 Å². The van der Waals surface area contributed by atoms with Gasteiger partial charge in [-0.3, -0.25) is 9.59 Å². The number of rotatable bonds is 4. The van der Waals surface area contributed by atoms with Gasteiger partial charge in [0, 0.05) is 19.5 Å². The van der Waals surface area contributed by atoms with Gasteiger partial charge >= 0.3 is 5.97 Å². The highest BCUT2D eigenvalue weighted by Crippen LogP contribution is 2.25. The molecule has 0 saturated carbocycles. The van der Waals surface area contributed by atoms with Crippen LogP contribution in [0.1, 0.15) is 41.6 Å². The maximum absolute atomic E-state index is 12.4. The summed E-state index contributed by atoms with van der Waals surface area (Å²) in [6.07, 6.45) is 2.52. The van der Waals surface area contributed by atoms with Gasteiger partial charge in [0.15, 0.2) is 0 Å². The first-order valence-electron chi connectivity index (χ1n) is 7.28. The topological polar surface area (TPSA) is 77.8 Å². The molecule has 2 rings (SSSR count). The molecular weight excluding hydrogens is 270 g/mol. The Labute approximate surface area is 124 Å². The summed E-state index contributed by atoms with van der Waals surface area (Å²) in [7, 11) is 0. The summed E-state index contributed by atoms with van der Waals surface area (Å²) in [4.78, 5) is 24.7. The van der Waals surface area contributed by atoms with E-state index < -0.39 is 5.97 Å². The van der Waals surface area contributed by atoms with Gasteiger partial charge in [0.25, 0.3) is 5.91 Å². The second-order valence-electron chi connectivity index (χ2n) is 5.69. The number of aromatic hydroxyl groups is 1. The molecule has 1 saturated heterocycles. The van der Waals surface area contributed by atoms with Crippen molar-refractivity contribution in [3.05, 3.63) is 29.3 Å². The Morgan fingerprint density at radius 2 is 1.95 bits per heavy atom. The number of hydrogen-bond donors (Lipinski definition) is 2. The third-order valence-corrected chi connectivity index (χ3v) is 4.05. The van der Waals surface area contributed by atoms with Crippen LogP contribution in [0.25, 0.3) is 0 Å². The Morgan fingerprint density at radius 3 is 2.52 bits per heavy atom. The minimum absolute atomic E-state index is 0.0213. The number of carbonyl (C=O) groups excluding carboxylic acids is 1. The van der Waals surface area contributed by atoms with Crippen molar-refractivity contribution in [1.29, 1.82) is 0 Å². The van der Waals surface area contributed by atoms with Gasteiger partial charge in [-0.1, -0.05) is 6.07 Å². The molecule has 2 N–H and O–H groups in total. The van der Waals surface area contributed by atoms with Crippen molar-refractivity contribution in [3.8, 4) is 5.75 Å². The molecule has 0 spiro atoms. The SMILES string of the molecule is Cc1ccc(C(=O)N2CCC(CCC(=O)O)CC2)c(O)c1. The lowest BCUT2D eigenvalue weighted by atomic mass is 9.92. The smallest absolute Gasteiger partial charge is 0.303 e. The van der Waals surface area contributed by atoms with Crippen molar-refractivity contribution >= 4 is 11.9 Å². The average molecular weight is 291 g/mol. The maximum atomic E-state index is 12.4. The van der Waals surface area contributed by atoms with Crippen LogP contribution in [0.3, 0.4) is 0 Å². The molecule has 1 amide bonds. The molecule has 1 heterocycles. The monoisotopic (exact) mass is 291 g/mol. The number of hydrogen-bond acceptors (Lipinski definition) is 3. The van der Waals surface area contributed by atoms with Gasteiger partial charge in [-0.15, -0.1) is 0 Å². The van der Waals surface area contributed by atoms with E-state index in [1.165, 1.54) is 0 Å². The zero-order valence-electron chi connectivity index (χ0n) is 12.2. The van der Waals surface area contributed by atoms with Crippen LogP contribution < -0.4 is 0 Å². The van der Waals surface area contributed by atoms with E-state index in [9.17, 15) is 14.7 Å². The van der Waals surface area contributed by atoms with Gasteiger partial charge in [0.2, 0.25) is 0 Å². The molecule has 1 aliphatic rings. The molecule has 1 aromatic rings. The van der Waals surface area contributed by atoms with Gasteiger partial charge in [-0.2, -0.15) is 0 Å². The van der Waals surface area contributed by atoms with Crippen molar-refractivity contribution in [2.24, 2.45) is 5.92 Å². The van der Waals surface area contributed by atoms with Crippen molar-refractivity contribution in [2.75, 3.05) is 13.1 Å². The molecule has 5 nitrogen and oxygen atoms in total. The molecule has 0 bridgehead atoms. The molecular formula is C16H21NO4. The number of amides is 1. The Balaban J connectivity index is 1.92. The first-order valence-corrected chi connectivity index (χ1v) is 7.28. The number of benzene rings is 1. The number of carboxylic acid groups (broad SMARTS) is 1. The fourth-order valence-electron chi connectivity index (χ4n) is 2.75. The second-order valence-corrected chi connectivity index (χ2v) is 5.69. The molecule has 21 heavy (non-hydrogen) atoms. The number of likely N-dealkylation sites (tertiary alicyclic amines) is 1. The Bertz CT molecular complexity index is 533. The predicted octanol–water partition coefficient (Wildman–Crippen LogP) is 2.42. The van der Waals surface area contributed by atoms with E-state index in [2.05, 4.69) is 0 Å². The summed E-state index contributed by atoms with van der Waals surface area (Å²) in [5.41, 5.74) is 1.25. The van der Waals surface area contributed by atoms with Gasteiger partial charge in [-0.25, -0.2) is 0 Å². The number of piperidine rings is 1. The highest BCUT2D eigenvalue weighted by Gasteiger charge is 2.25. The summed E-state index contributed by atoms with van der Waals surface area (Å²) in [6.45, 7) is 3.11. The lowest BCUT2D eigenvalue weighted by Gasteiger charge is -2.32. The lowest BCUT2D eigenvalue weighted by Crippen LogP contribution is -2.38. The quantitative estimate of drug-likeness (QED) is 0.893. The van der Waals surface area contributed by atoms with Crippen molar-refractivity contribution < 1.29 is 19.8 Å². The molecule has 1 fully saturated rings. The third-order valence-electron chi connectivity index (χ3n) is 4.05. The summed E-state index contributed by atoms with van der Waals surface area (Å²) < 4.78 is 0. The van der Waals surface area contributed by atoms with Crippen LogP contribution in [0.2, 0.25) is 0 Å². The Kier molecular flexibility index (Phi) is 4.83. The second kappa shape index (κ2) is 6.61. The van der Waals surface area contributed by atoms with Gasteiger partial charge in [-0.05, 0) is 49.8 Å². The van der Waals surface area contributed by atoms with Crippen molar-refractivity contribution in [3.63, 3.8) is 0 Å². The fraction of sp³-hybridized carbons (Fsp3) is 0.500. The van der Waals surface area contributed by atoms with E-state index in [4.69, 9.17) is 5.11 Å². The molecule has 0 radical (unpaired) electrons. The van der Waals surface area contributed by atoms with Gasteiger partial charge in [0.05, 0.1) is 5.56 Å². The maximum Gasteiger partial charge on any atom is 0.303 e. The molecule has 0 aromatic heterocycles. The van der Waals surface area contributed by atoms with Crippen LogP contribution in [0, 0.1) is 12.8 Å². The first kappa shape index (κ1) is 15.4. The molecule has 1 aliphatic heterocycles. The van der Waals surface area contributed by atoms with E-state index in [1.54, 1.807) is 17.0 Å². The van der Waals surface area contributed by atoms with Crippen LogP contribution in [0.15, 0.2) is 18.2 Å². The third kappa shape index (κ3) is 3.97. The molecule has 0 atom stereocenters. The van der Waals surface area contributed by atoms with Crippen LogP contribution in [-0.2, 0) is 4.79 Å². The van der Waals surface area contributed by atoms with Crippen LogP contribution >= 0.6 is 0 Å². The Morgan fingerprint density at radius 1 is 1.29 bits per heavy atom. The molecule has 5 heteroatoms. The molecule has 114 valence electrons. The van der Waals surface area contributed by atoms with Crippen molar-refractivity contribution in [2.45, 2.75) is 32.6 Å². The molecule has 0 aliphatic carbocycles. The van der Waals surface area contributed by atoms with Crippen LogP contribution in [0.4, 0.5) is 0 Å². The summed E-state index contributed by atoms with van der Waals surface area (Å²) in [6, 6.07) is 5.06. The number of carbonyl (C=O) groups is 2. The van der Waals surface area contributed by atoms with E-state index in [-0.39, 0.29) is 18.1 Å². The first-order chi connectivity index (χ1) is 9.97. The van der Waals surface area contributed by atoms with E-state index in [0.717, 1.165) is 18.4 Å². The van der Waals surface area contributed by atoms with E-state index in [1.807, 2.05) is 13.0 Å². The van der Waals surface area contributed by atoms with Gasteiger partial charge < -0.3 is 15.1 Å². The number of phenolic OH excluding ortho intramolecular Hbond substituents is 1. The highest BCUT2D eigenvalue weighted by atomic mass is 16.4. The predicted molar refractivity (Wildman–Crippen MR) is 78.3 cm³/mol. The zero-order valence-corrected chi connectivity index (χ0v) is 12.2. The number of aliphatic carboxylic acids is 1. The standard InChI is InChI=1S/C16H21NO4/c1-11-2-4-13(14(18)10-11)16(21)17-8-6-12(7-9-17)3-5-15(19)20/h2,4,10,12,18H,3,5-9H2,1H3,(H,19,20). The molecule has 0 unspecified atom stereocenters. The largest absolute Gasteiger partial charge is 0.507 e. The number of aryl methyl sites for hydroxylation is 1. The lowest BCUT2D eigenvalue weighted by molar-refractivity contribution is -0.137. The number of phenols is 1. The zero-order chi connectivity index (χ0) is 15.4. The summed E-state index contributed by atoms with van der Waals surface area (Å²) in [5.74, 6) is -0.521. The number of carboxylic acids is 1.